The van der Waals surface area contributed by atoms with E-state index in [1.807, 2.05) is 78.3 Å². The number of nitrogens with zero attached hydrogens (tertiary/aromatic N) is 4. The van der Waals surface area contributed by atoms with E-state index in [1.165, 1.54) is 0 Å². The number of aromatic nitrogens is 3. The lowest BCUT2D eigenvalue weighted by molar-refractivity contribution is 0.0827. The standard InChI is InChI=1S/C22H20N4O/c1-15-8-6-11-18(23-15)21-20(19-12-4-5-13-26(19)24-21)16-9-7-10-17(14-16)22(27)25(2)3/h4-14H,1-3H3. The summed E-state index contributed by atoms with van der Waals surface area (Å²) in [5, 5.41) is 4.77. The molecule has 0 saturated heterocycles. The number of carbonyl (C=O) groups is 1. The highest BCUT2D eigenvalue weighted by Gasteiger charge is 2.18. The average molecular weight is 356 g/mol. The first kappa shape index (κ1) is 17.0. The molecule has 0 aliphatic carbocycles. The third-order valence-corrected chi connectivity index (χ3v) is 4.48. The Morgan fingerprint density at radius 1 is 1.00 bits per heavy atom. The quantitative estimate of drug-likeness (QED) is 0.556. The van der Waals surface area contributed by atoms with Crippen molar-refractivity contribution in [3.05, 3.63) is 78.1 Å². The third-order valence-electron chi connectivity index (χ3n) is 4.48. The Kier molecular flexibility index (Phi) is 4.20. The summed E-state index contributed by atoms with van der Waals surface area (Å²) < 4.78 is 1.86. The molecule has 5 heteroatoms. The van der Waals surface area contributed by atoms with Crippen LogP contribution >= 0.6 is 0 Å². The summed E-state index contributed by atoms with van der Waals surface area (Å²) in [7, 11) is 3.51. The molecule has 27 heavy (non-hydrogen) atoms. The maximum absolute atomic E-state index is 12.4. The van der Waals surface area contributed by atoms with Crippen molar-refractivity contribution in [1.82, 2.24) is 19.5 Å². The lowest BCUT2D eigenvalue weighted by atomic mass is 9.99. The minimum absolute atomic E-state index is 0.0245. The minimum Gasteiger partial charge on any atom is -0.345 e. The van der Waals surface area contributed by atoms with Gasteiger partial charge < -0.3 is 4.90 Å². The third kappa shape index (κ3) is 3.08. The first-order valence-corrected chi connectivity index (χ1v) is 8.78. The maximum atomic E-state index is 12.4. The highest BCUT2D eigenvalue weighted by Crippen LogP contribution is 2.34. The number of rotatable bonds is 3. The molecule has 0 radical (unpaired) electrons. The van der Waals surface area contributed by atoms with Gasteiger partial charge in [-0.1, -0.05) is 24.3 Å². The molecule has 4 aromatic rings. The van der Waals surface area contributed by atoms with Gasteiger partial charge in [0.1, 0.15) is 5.69 Å². The Morgan fingerprint density at radius 2 is 1.81 bits per heavy atom. The van der Waals surface area contributed by atoms with Crippen LogP contribution in [0.3, 0.4) is 0 Å². The molecule has 134 valence electrons. The van der Waals surface area contributed by atoms with Crippen LogP contribution in [0.5, 0.6) is 0 Å². The molecular weight excluding hydrogens is 336 g/mol. The minimum atomic E-state index is -0.0245. The van der Waals surface area contributed by atoms with E-state index in [2.05, 4.69) is 4.98 Å². The Hall–Kier alpha value is -3.47. The van der Waals surface area contributed by atoms with Crippen molar-refractivity contribution in [3.8, 4) is 22.5 Å². The lowest BCUT2D eigenvalue weighted by Gasteiger charge is -2.11. The molecular formula is C22H20N4O. The maximum Gasteiger partial charge on any atom is 0.253 e. The van der Waals surface area contributed by atoms with E-state index in [0.29, 0.717) is 5.56 Å². The van der Waals surface area contributed by atoms with Crippen molar-refractivity contribution in [3.63, 3.8) is 0 Å². The molecule has 1 aromatic carbocycles. The molecule has 0 aliphatic heterocycles. The van der Waals surface area contributed by atoms with Gasteiger partial charge in [-0.25, -0.2) is 4.52 Å². The van der Waals surface area contributed by atoms with Crippen molar-refractivity contribution in [2.24, 2.45) is 0 Å². The number of aryl methyl sites for hydroxylation is 1. The number of benzene rings is 1. The van der Waals surface area contributed by atoms with Crippen LogP contribution in [0.4, 0.5) is 0 Å². The summed E-state index contributed by atoms with van der Waals surface area (Å²) in [6, 6.07) is 19.6. The van der Waals surface area contributed by atoms with Crippen LogP contribution in [0.2, 0.25) is 0 Å². The van der Waals surface area contributed by atoms with Crippen molar-refractivity contribution < 1.29 is 4.79 Å². The molecule has 0 spiro atoms. The molecule has 0 aliphatic rings. The van der Waals surface area contributed by atoms with Crippen LogP contribution < -0.4 is 0 Å². The molecule has 3 heterocycles. The van der Waals surface area contributed by atoms with Gasteiger partial charge in [0.2, 0.25) is 0 Å². The predicted octanol–water partition coefficient (Wildman–Crippen LogP) is 4.07. The smallest absolute Gasteiger partial charge is 0.253 e. The second-order valence-electron chi connectivity index (χ2n) is 6.70. The topological polar surface area (TPSA) is 50.5 Å². The van der Waals surface area contributed by atoms with E-state index in [9.17, 15) is 4.79 Å². The van der Waals surface area contributed by atoms with Crippen molar-refractivity contribution in [1.29, 1.82) is 0 Å². The van der Waals surface area contributed by atoms with Crippen molar-refractivity contribution >= 4 is 11.4 Å². The van der Waals surface area contributed by atoms with E-state index < -0.39 is 0 Å². The Balaban J connectivity index is 1.97. The van der Waals surface area contributed by atoms with Crippen LogP contribution in [-0.4, -0.2) is 39.5 Å². The van der Waals surface area contributed by atoms with Crippen LogP contribution in [0, 0.1) is 6.92 Å². The lowest BCUT2D eigenvalue weighted by Crippen LogP contribution is -2.21. The zero-order valence-electron chi connectivity index (χ0n) is 15.5. The molecule has 5 nitrogen and oxygen atoms in total. The van der Waals surface area contributed by atoms with Gasteiger partial charge in [-0.3, -0.25) is 9.78 Å². The predicted molar refractivity (Wildman–Crippen MR) is 107 cm³/mol. The van der Waals surface area contributed by atoms with Gasteiger partial charge in [0.25, 0.3) is 5.91 Å². The number of amides is 1. The molecule has 0 atom stereocenters. The highest BCUT2D eigenvalue weighted by molar-refractivity contribution is 5.97. The van der Waals surface area contributed by atoms with Gasteiger partial charge >= 0.3 is 0 Å². The van der Waals surface area contributed by atoms with Crippen LogP contribution in [0.25, 0.3) is 28.0 Å². The van der Waals surface area contributed by atoms with Gasteiger partial charge in [0.15, 0.2) is 0 Å². The fourth-order valence-corrected chi connectivity index (χ4v) is 3.20. The zero-order chi connectivity index (χ0) is 19.0. The fourth-order valence-electron chi connectivity index (χ4n) is 3.20. The fraction of sp³-hybridized carbons (Fsp3) is 0.136. The van der Waals surface area contributed by atoms with Crippen molar-refractivity contribution in [2.75, 3.05) is 14.1 Å². The highest BCUT2D eigenvalue weighted by atomic mass is 16.2. The molecule has 0 N–H and O–H groups in total. The summed E-state index contributed by atoms with van der Waals surface area (Å²) in [5.41, 5.74) is 6.11. The molecule has 0 fully saturated rings. The number of carbonyl (C=O) groups excluding carboxylic acids is 1. The molecule has 4 rings (SSSR count). The van der Waals surface area contributed by atoms with E-state index in [-0.39, 0.29) is 5.91 Å². The second kappa shape index (κ2) is 6.68. The largest absolute Gasteiger partial charge is 0.345 e. The van der Waals surface area contributed by atoms with Crippen LogP contribution in [-0.2, 0) is 0 Å². The molecule has 0 saturated carbocycles. The van der Waals surface area contributed by atoms with E-state index in [0.717, 1.165) is 33.7 Å². The van der Waals surface area contributed by atoms with Gasteiger partial charge in [0, 0.05) is 37.1 Å². The first-order valence-electron chi connectivity index (χ1n) is 8.78. The van der Waals surface area contributed by atoms with Gasteiger partial charge in [-0.05, 0) is 48.9 Å². The second-order valence-corrected chi connectivity index (χ2v) is 6.70. The Morgan fingerprint density at radius 3 is 2.59 bits per heavy atom. The van der Waals surface area contributed by atoms with E-state index in [1.54, 1.807) is 19.0 Å². The van der Waals surface area contributed by atoms with E-state index >= 15 is 0 Å². The van der Waals surface area contributed by atoms with Gasteiger partial charge in [0.05, 0.1) is 11.2 Å². The summed E-state index contributed by atoms with van der Waals surface area (Å²) in [6.07, 6.45) is 1.92. The molecule has 3 aromatic heterocycles. The summed E-state index contributed by atoms with van der Waals surface area (Å²) in [6.45, 7) is 1.97. The molecule has 0 bridgehead atoms. The number of hydrogen-bond donors (Lipinski definition) is 0. The normalized spacial score (nSPS) is 10.9. The Bertz CT molecular complexity index is 1140. The van der Waals surface area contributed by atoms with Crippen LogP contribution in [0.1, 0.15) is 16.1 Å². The first-order chi connectivity index (χ1) is 13.0. The number of hydrogen-bond acceptors (Lipinski definition) is 3. The van der Waals surface area contributed by atoms with E-state index in [4.69, 9.17) is 5.10 Å². The van der Waals surface area contributed by atoms with Gasteiger partial charge in [-0.2, -0.15) is 5.10 Å². The van der Waals surface area contributed by atoms with Crippen molar-refractivity contribution in [2.45, 2.75) is 6.92 Å². The SMILES string of the molecule is Cc1cccc(-c2nn3ccccc3c2-c2cccc(C(=O)N(C)C)c2)n1. The monoisotopic (exact) mass is 356 g/mol. The van der Waals surface area contributed by atoms with Crippen LogP contribution in [0.15, 0.2) is 66.9 Å². The molecule has 1 amide bonds. The average Bonchev–Trinajstić information content (AvgIpc) is 3.07. The molecule has 0 unspecified atom stereocenters. The zero-order valence-corrected chi connectivity index (χ0v) is 15.5. The summed E-state index contributed by atoms with van der Waals surface area (Å²) in [5.74, 6) is -0.0245. The summed E-state index contributed by atoms with van der Waals surface area (Å²) >= 11 is 0. The number of pyridine rings is 2. The van der Waals surface area contributed by atoms with Gasteiger partial charge in [-0.15, -0.1) is 0 Å². The Labute approximate surface area is 157 Å². The summed E-state index contributed by atoms with van der Waals surface area (Å²) in [4.78, 5) is 18.7. The number of fused-ring (bicyclic) bond motifs is 1.